The molecule has 8 heteroatoms. The summed E-state index contributed by atoms with van der Waals surface area (Å²) in [6, 6.07) is 14.2. The van der Waals surface area contributed by atoms with Crippen molar-refractivity contribution < 1.29 is 22.7 Å². The van der Waals surface area contributed by atoms with Gasteiger partial charge in [-0.15, -0.1) is 4.83 Å². The molecule has 3 aliphatic rings. The van der Waals surface area contributed by atoms with E-state index in [1.54, 1.807) is 25.3 Å². The summed E-state index contributed by atoms with van der Waals surface area (Å²) in [5, 5.41) is 0. The number of benzene rings is 2. The van der Waals surface area contributed by atoms with Crippen LogP contribution in [0.4, 0.5) is 0 Å². The van der Waals surface area contributed by atoms with Crippen molar-refractivity contribution >= 4 is 15.9 Å². The average Bonchev–Trinajstić information content (AvgIpc) is 3.60. The second-order valence-electron chi connectivity index (χ2n) is 9.80. The van der Waals surface area contributed by atoms with Crippen molar-refractivity contribution in [2.75, 3.05) is 7.11 Å². The monoisotopic (exact) mass is 496 g/mol. The summed E-state index contributed by atoms with van der Waals surface area (Å²) in [5.41, 5.74) is 4.27. The van der Waals surface area contributed by atoms with Gasteiger partial charge in [0.25, 0.3) is 15.9 Å². The van der Waals surface area contributed by atoms with Crippen LogP contribution in [0.15, 0.2) is 65.1 Å². The lowest BCUT2D eigenvalue weighted by Gasteiger charge is -2.19. The molecule has 2 saturated carbocycles. The fraction of sp³-hybridized carbons (Fsp3) is 0.444. The maximum atomic E-state index is 12.6. The highest BCUT2D eigenvalue weighted by Gasteiger charge is 2.39. The summed E-state index contributed by atoms with van der Waals surface area (Å²) in [5.74, 6) is 2.32. The van der Waals surface area contributed by atoms with E-state index in [4.69, 9.17) is 9.47 Å². The summed E-state index contributed by atoms with van der Waals surface area (Å²) >= 11 is 0. The van der Waals surface area contributed by atoms with Crippen molar-refractivity contribution in [1.29, 1.82) is 0 Å². The molecule has 2 N–H and O–H groups in total. The van der Waals surface area contributed by atoms with Gasteiger partial charge in [0.2, 0.25) is 0 Å². The first-order chi connectivity index (χ1) is 16.9. The number of hydrogen-bond acceptors (Lipinski definition) is 5. The van der Waals surface area contributed by atoms with Crippen LogP contribution in [0.2, 0.25) is 0 Å². The molecule has 5 rings (SSSR count). The number of amides is 1. The molecule has 0 aromatic heterocycles. The molecule has 186 valence electrons. The van der Waals surface area contributed by atoms with Crippen molar-refractivity contribution in [3.8, 4) is 11.5 Å². The van der Waals surface area contributed by atoms with E-state index in [0.29, 0.717) is 29.7 Å². The fourth-order valence-corrected chi connectivity index (χ4v) is 6.58. The van der Waals surface area contributed by atoms with Gasteiger partial charge in [-0.2, -0.15) is 0 Å². The predicted molar refractivity (Wildman–Crippen MR) is 132 cm³/mol. The second-order valence-corrected chi connectivity index (χ2v) is 11.5. The number of methoxy groups -OCH3 is 1. The van der Waals surface area contributed by atoms with E-state index in [-0.39, 0.29) is 16.9 Å². The van der Waals surface area contributed by atoms with Crippen LogP contribution in [0.25, 0.3) is 0 Å². The molecule has 0 bridgehead atoms. The molecule has 0 aliphatic heterocycles. The van der Waals surface area contributed by atoms with Gasteiger partial charge in [-0.3, -0.25) is 10.2 Å². The number of fused-ring (bicyclic) bond motifs is 1. The molecule has 7 nitrogen and oxygen atoms in total. The molecule has 2 aromatic rings. The lowest BCUT2D eigenvalue weighted by Crippen LogP contribution is -2.42. The number of nitrogens with one attached hydrogen (secondary N) is 2. The molecule has 0 unspecified atom stereocenters. The first kappa shape index (κ1) is 23.9. The molecule has 3 aliphatic carbocycles. The van der Waals surface area contributed by atoms with Crippen molar-refractivity contribution in [3.05, 3.63) is 65.7 Å². The maximum Gasteiger partial charge on any atom is 0.261 e. The number of carbonyl (C=O) groups excluding carboxylic acids is 1. The number of allylic oxidation sites excluding steroid dienone is 1. The Morgan fingerprint density at radius 2 is 1.77 bits per heavy atom. The minimum absolute atomic E-state index is 0.108. The van der Waals surface area contributed by atoms with Crippen LogP contribution >= 0.6 is 0 Å². The summed E-state index contributed by atoms with van der Waals surface area (Å²) in [4.78, 5) is 15.0. The lowest BCUT2D eigenvalue weighted by molar-refractivity contribution is -0.118. The number of hydrogen-bond donors (Lipinski definition) is 2. The fourth-order valence-electron chi connectivity index (χ4n) is 5.72. The second kappa shape index (κ2) is 10.0. The SMILES string of the molecule is COc1ccc([C@H]2C[C@@H]3CC(C(=O)NNS(=O)(=O)c4ccccc4)=C[C@@H]3C2)cc1OC1CCCC1. The highest BCUT2D eigenvalue weighted by molar-refractivity contribution is 7.89. The number of ether oxygens (including phenoxy) is 2. The summed E-state index contributed by atoms with van der Waals surface area (Å²) in [7, 11) is -2.12. The number of sulfonamides is 1. The zero-order valence-electron chi connectivity index (χ0n) is 19.9. The third kappa shape index (κ3) is 5.23. The topological polar surface area (TPSA) is 93.7 Å². The third-order valence-electron chi connectivity index (χ3n) is 7.55. The largest absolute Gasteiger partial charge is 0.493 e. The minimum Gasteiger partial charge on any atom is -0.493 e. The molecule has 0 heterocycles. The van der Waals surface area contributed by atoms with Gasteiger partial charge in [-0.25, -0.2) is 8.42 Å². The van der Waals surface area contributed by atoms with Crippen LogP contribution < -0.4 is 19.7 Å². The van der Waals surface area contributed by atoms with Crippen LogP contribution in [-0.2, 0) is 14.8 Å². The maximum absolute atomic E-state index is 12.6. The number of rotatable bonds is 8. The van der Waals surface area contributed by atoms with Crippen molar-refractivity contribution in [3.63, 3.8) is 0 Å². The molecule has 0 spiro atoms. The summed E-state index contributed by atoms with van der Waals surface area (Å²) in [6.45, 7) is 0. The lowest BCUT2D eigenvalue weighted by atomic mass is 9.94. The van der Waals surface area contributed by atoms with Gasteiger partial charge >= 0.3 is 0 Å². The Balaban J connectivity index is 1.21. The van der Waals surface area contributed by atoms with Crippen LogP contribution in [0, 0.1) is 11.8 Å². The summed E-state index contributed by atoms with van der Waals surface area (Å²) < 4.78 is 36.5. The van der Waals surface area contributed by atoms with Crippen LogP contribution in [0.3, 0.4) is 0 Å². The first-order valence-corrected chi connectivity index (χ1v) is 13.8. The first-order valence-electron chi connectivity index (χ1n) is 12.4. The summed E-state index contributed by atoms with van der Waals surface area (Å²) in [6.07, 6.45) is 9.53. The highest BCUT2D eigenvalue weighted by atomic mass is 32.2. The Kier molecular flexibility index (Phi) is 6.84. The van der Waals surface area contributed by atoms with E-state index in [9.17, 15) is 13.2 Å². The Morgan fingerprint density at radius 3 is 2.49 bits per heavy atom. The Hall–Kier alpha value is -2.84. The molecule has 2 fully saturated rings. The van der Waals surface area contributed by atoms with Crippen molar-refractivity contribution in [2.45, 2.75) is 61.9 Å². The van der Waals surface area contributed by atoms with Gasteiger partial charge in [0.1, 0.15) is 0 Å². The van der Waals surface area contributed by atoms with Crippen LogP contribution in [-0.4, -0.2) is 27.5 Å². The Bertz CT molecular complexity index is 1210. The standard InChI is InChI=1S/C27H32N2O5S/c1-33-25-12-11-18(17-26(25)34-23-7-5-6-8-23)19-13-20-15-22(16-21(20)14-19)27(30)28-29-35(31,32)24-9-3-2-4-10-24/h2-4,9-12,15,17,19-21,23,29H,5-8,13-14,16H2,1H3,(H,28,30)/t19-,20+,21-/m1/s1. The third-order valence-corrected chi connectivity index (χ3v) is 8.81. The highest BCUT2D eigenvalue weighted by Crippen LogP contribution is 2.50. The van der Waals surface area contributed by atoms with E-state index in [1.807, 2.05) is 12.1 Å². The quantitative estimate of drug-likeness (QED) is 0.526. The van der Waals surface area contributed by atoms with E-state index in [1.165, 1.54) is 30.5 Å². The predicted octanol–water partition coefficient (Wildman–Crippen LogP) is 4.47. The van der Waals surface area contributed by atoms with E-state index >= 15 is 0 Å². The molecule has 3 atom stereocenters. The average molecular weight is 497 g/mol. The minimum atomic E-state index is -3.80. The van der Waals surface area contributed by atoms with E-state index in [2.05, 4.69) is 22.4 Å². The molecule has 1 amide bonds. The van der Waals surface area contributed by atoms with Gasteiger partial charge in [-0.1, -0.05) is 30.3 Å². The van der Waals surface area contributed by atoms with Crippen LogP contribution in [0.1, 0.15) is 56.4 Å². The molecule has 2 aromatic carbocycles. The number of carbonyl (C=O) groups is 1. The Morgan fingerprint density at radius 1 is 1.00 bits per heavy atom. The smallest absolute Gasteiger partial charge is 0.261 e. The number of hydrazine groups is 1. The van der Waals surface area contributed by atoms with E-state index in [0.717, 1.165) is 37.2 Å². The van der Waals surface area contributed by atoms with Gasteiger partial charge in [0, 0.05) is 5.57 Å². The van der Waals surface area contributed by atoms with Gasteiger partial charge < -0.3 is 9.47 Å². The van der Waals surface area contributed by atoms with Crippen LogP contribution in [0.5, 0.6) is 11.5 Å². The molecule has 0 radical (unpaired) electrons. The van der Waals surface area contributed by atoms with Crippen molar-refractivity contribution in [1.82, 2.24) is 10.3 Å². The normalized spacial score (nSPS) is 24.1. The van der Waals surface area contributed by atoms with Gasteiger partial charge in [-0.05, 0) is 92.5 Å². The molecule has 0 saturated heterocycles. The molecular formula is C27H32N2O5S. The van der Waals surface area contributed by atoms with Crippen molar-refractivity contribution in [2.24, 2.45) is 11.8 Å². The zero-order valence-corrected chi connectivity index (χ0v) is 20.7. The molecular weight excluding hydrogens is 464 g/mol. The van der Waals surface area contributed by atoms with Gasteiger partial charge in [0.05, 0.1) is 18.1 Å². The van der Waals surface area contributed by atoms with Gasteiger partial charge in [0.15, 0.2) is 11.5 Å². The molecule has 35 heavy (non-hydrogen) atoms. The Labute approximate surface area is 206 Å². The van der Waals surface area contributed by atoms with E-state index < -0.39 is 10.0 Å². The zero-order chi connectivity index (χ0) is 24.4.